The zero-order valence-electron chi connectivity index (χ0n) is 10.3. The van der Waals surface area contributed by atoms with E-state index in [9.17, 15) is 5.11 Å². The number of aliphatic hydroxyl groups is 1. The van der Waals surface area contributed by atoms with Crippen LogP contribution in [0.5, 0.6) is 0 Å². The standard InChI is InChI=1S/C13H21N3O/c1-9-5-6-15-13(12(9)14)16-8-10-3-2-4-11(17)7-10/h5-6,10-11,17H,2-4,7-8,14H2,1H3,(H,15,16). The summed E-state index contributed by atoms with van der Waals surface area (Å²) in [6.45, 7) is 2.82. The van der Waals surface area contributed by atoms with Crippen LogP contribution >= 0.6 is 0 Å². The molecule has 0 radical (unpaired) electrons. The van der Waals surface area contributed by atoms with Crippen molar-refractivity contribution < 1.29 is 5.11 Å². The summed E-state index contributed by atoms with van der Waals surface area (Å²) in [5, 5.41) is 12.9. The van der Waals surface area contributed by atoms with Crippen molar-refractivity contribution in [3.8, 4) is 0 Å². The van der Waals surface area contributed by atoms with Crippen molar-refractivity contribution in [3.05, 3.63) is 17.8 Å². The number of aromatic nitrogens is 1. The van der Waals surface area contributed by atoms with Crippen molar-refractivity contribution in [3.63, 3.8) is 0 Å². The van der Waals surface area contributed by atoms with Crippen molar-refractivity contribution in [1.29, 1.82) is 0 Å². The second-order valence-electron chi connectivity index (χ2n) is 4.96. The lowest BCUT2D eigenvalue weighted by molar-refractivity contribution is 0.104. The number of hydrogen-bond acceptors (Lipinski definition) is 4. The lowest BCUT2D eigenvalue weighted by Crippen LogP contribution is -2.25. The van der Waals surface area contributed by atoms with Crippen molar-refractivity contribution in [2.75, 3.05) is 17.6 Å². The number of nitrogens with two attached hydrogens (primary N) is 1. The summed E-state index contributed by atoms with van der Waals surface area (Å²) >= 11 is 0. The minimum atomic E-state index is -0.127. The van der Waals surface area contributed by atoms with Crippen LogP contribution in [-0.2, 0) is 0 Å². The molecule has 4 heteroatoms. The van der Waals surface area contributed by atoms with E-state index in [2.05, 4.69) is 10.3 Å². The Morgan fingerprint density at radius 1 is 1.53 bits per heavy atom. The molecule has 94 valence electrons. The maximum Gasteiger partial charge on any atom is 0.149 e. The smallest absolute Gasteiger partial charge is 0.149 e. The maximum atomic E-state index is 9.61. The molecule has 1 aliphatic rings. The Balaban J connectivity index is 1.91. The van der Waals surface area contributed by atoms with E-state index in [0.29, 0.717) is 5.92 Å². The first kappa shape index (κ1) is 12.2. The number of aliphatic hydroxyl groups excluding tert-OH is 1. The molecule has 1 aliphatic carbocycles. The average Bonchev–Trinajstić information content (AvgIpc) is 2.31. The van der Waals surface area contributed by atoms with Gasteiger partial charge in [-0.25, -0.2) is 4.98 Å². The molecule has 1 aromatic rings. The van der Waals surface area contributed by atoms with Gasteiger partial charge in [0.05, 0.1) is 11.8 Å². The molecule has 1 heterocycles. The van der Waals surface area contributed by atoms with Crippen LogP contribution in [0.15, 0.2) is 12.3 Å². The highest BCUT2D eigenvalue weighted by molar-refractivity contribution is 5.64. The third-order valence-electron chi connectivity index (χ3n) is 3.52. The van der Waals surface area contributed by atoms with Crippen molar-refractivity contribution in [1.82, 2.24) is 4.98 Å². The van der Waals surface area contributed by atoms with Crippen LogP contribution in [0.4, 0.5) is 11.5 Å². The van der Waals surface area contributed by atoms with Gasteiger partial charge in [-0.3, -0.25) is 0 Å². The van der Waals surface area contributed by atoms with E-state index in [1.54, 1.807) is 6.20 Å². The number of hydrogen-bond donors (Lipinski definition) is 3. The second-order valence-corrected chi connectivity index (χ2v) is 4.96. The molecule has 1 saturated carbocycles. The van der Waals surface area contributed by atoms with Gasteiger partial charge in [-0.05, 0) is 43.7 Å². The van der Waals surface area contributed by atoms with Gasteiger partial charge in [0.2, 0.25) is 0 Å². The third-order valence-corrected chi connectivity index (χ3v) is 3.52. The SMILES string of the molecule is Cc1ccnc(NCC2CCCC(O)C2)c1N. The van der Waals surface area contributed by atoms with Crippen molar-refractivity contribution in [2.24, 2.45) is 5.92 Å². The Hall–Kier alpha value is -1.29. The highest BCUT2D eigenvalue weighted by Gasteiger charge is 2.20. The van der Waals surface area contributed by atoms with E-state index in [4.69, 9.17) is 5.73 Å². The van der Waals surface area contributed by atoms with E-state index in [1.807, 2.05) is 13.0 Å². The number of nitrogens with zero attached hydrogens (tertiary/aromatic N) is 1. The molecule has 1 fully saturated rings. The summed E-state index contributed by atoms with van der Waals surface area (Å²) in [7, 11) is 0. The summed E-state index contributed by atoms with van der Waals surface area (Å²) < 4.78 is 0. The van der Waals surface area contributed by atoms with Gasteiger partial charge in [0, 0.05) is 12.7 Å². The van der Waals surface area contributed by atoms with E-state index < -0.39 is 0 Å². The fraction of sp³-hybridized carbons (Fsp3) is 0.615. The summed E-state index contributed by atoms with van der Waals surface area (Å²) in [4.78, 5) is 4.24. The molecule has 2 atom stereocenters. The lowest BCUT2D eigenvalue weighted by Gasteiger charge is -2.26. The Labute approximate surface area is 102 Å². The van der Waals surface area contributed by atoms with Gasteiger partial charge in [-0.15, -0.1) is 0 Å². The maximum absolute atomic E-state index is 9.61. The van der Waals surface area contributed by atoms with Crippen LogP contribution in [-0.4, -0.2) is 22.7 Å². The quantitative estimate of drug-likeness (QED) is 0.748. The van der Waals surface area contributed by atoms with Crippen molar-refractivity contribution in [2.45, 2.75) is 38.7 Å². The molecule has 2 unspecified atom stereocenters. The first-order valence-corrected chi connectivity index (χ1v) is 6.30. The molecule has 0 amide bonds. The molecule has 4 N–H and O–H groups in total. The molecule has 0 aliphatic heterocycles. The highest BCUT2D eigenvalue weighted by Crippen LogP contribution is 2.25. The molecular formula is C13H21N3O. The number of nitrogens with one attached hydrogen (secondary N) is 1. The monoisotopic (exact) mass is 235 g/mol. The number of pyridine rings is 1. The van der Waals surface area contributed by atoms with Gasteiger partial charge in [-0.1, -0.05) is 6.42 Å². The van der Waals surface area contributed by atoms with Crippen LogP contribution in [0.25, 0.3) is 0 Å². The number of nitrogen functional groups attached to an aromatic ring is 1. The van der Waals surface area contributed by atoms with Crippen LogP contribution in [0, 0.1) is 12.8 Å². The van der Waals surface area contributed by atoms with Crippen LogP contribution in [0.2, 0.25) is 0 Å². The normalized spacial score (nSPS) is 24.6. The first-order chi connectivity index (χ1) is 8.16. The molecule has 0 saturated heterocycles. The van der Waals surface area contributed by atoms with Crippen LogP contribution < -0.4 is 11.1 Å². The molecule has 0 aromatic carbocycles. The zero-order valence-corrected chi connectivity index (χ0v) is 10.3. The fourth-order valence-electron chi connectivity index (χ4n) is 2.40. The number of aryl methyl sites for hydroxylation is 1. The summed E-state index contributed by atoms with van der Waals surface area (Å²) in [5.74, 6) is 1.30. The van der Waals surface area contributed by atoms with Crippen LogP contribution in [0.3, 0.4) is 0 Å². The molecule has 2 rings (SSSR count). The third kappa shape index (κ3) is 3.09. The summed E-state index contributed by atoms with van der Waals surface area (Å²) in [6, 6.07) is 1.91. The summed E-state index contributed by atoms with van der Waals surface area (Å²) in [6.07, 6.45) is 5.77. The van der Waals surface area contributed by atoms with Gasteiger partial charge in [0.25, 0.3) is 0 Å². The molecule has 0 spiro atoms. The first-order valence-electron chi connectivity index (χ1n) is 6.30. The Bertz CT molecular complexity index is 381. The Morgan fingerprint density at radius 2 is 2.35 bits per heavy atom. The van der Waals surface area contributed by atoms with E-state index >= 15 is 0 Å². The van der Waals surface area contributed by atoms with Gasteiger partial charge >= 0.3 is 0 Å². The minimum absolute atomic E-state index is 0.127. The van der Waals surface area contributed by atoms with Crippen molar-refractivity contribution >= 4 is 11.5 Å². The number of rotatable bonds is 3. The van der Waals surface area contributed by atoms with Crippen LogP contribution in [0.1, 0.15) is 31.2 Å². The lowest BCUT2D eigenvalue weighted by atomic mass is 9.87. The Kier molecular flexibility index (Phi) is 3.84. The molecular weight excluding hydrogens is 214 g/mol. The topological polar surface area (TPSA) is 71.2 Å². The van der Waals surface area contributed by atoms with Gasteiger partial charge < -0.3 is 16.2 Å². The molecule has 17 heavy (non-hydrogen) atoms. The predicted molar refractivity (Wildman–Crippen MR) is 69.8 cm³/mol. The van der Waals surface area contributed by atoms with E-state index in [0.717, 1.165) is 42.9 Å². The fourth-order valence-corrected chi connectivity index (χ4v) is 2.40. The molecule has 0 bridgehead atoms. The molecule has 1 aromatic heterocycles. The largest absolute Gasteiger partial charge is 0.396 e. The van der Waals surface area contributed by atoms with E-state index in [1.165, 1.54) is 6.42 Å². The highest BCUT2D eigenvalue weighted by atomic mass is 16.3. The van der Waals surface area contributed by atoms with Gasteiger partial charge in [-0.2, -0.15) is 0 Å². The predicted octanol–water partition coefficient (Wildman–Crippen LogP) is 1.94. The Morgan fingerprint density at radius 3 is 3.12 bits per heavy atom. The average molecular weight is 235 g/mol. The van der Waals surface area contributed by atoms with Gasteiger partial charge in [0.15, 0.2) is 0 Å². The zero-order chi connectivity index (χ0) is 12.3. The number of anilines is 2. The van der Waals surface area contributed by atoms with Gasteiger partial charge in [0.1, 0.15) is 5.82 Å². The second kappa shape index (κ2) is 5.36. The van der Waals surface area contributed by atoms with E-state index in [-0.39, 0.29) is 6.10 Å². The molecule has 4 nitrogen and oxygen atoms in total. The summed E-state index contributed by atoms with van der Waals surface area (Å²) in [5.41, 5.74) is 7.72. The minimum Gasteiger partial charge on any atom is -0.396 e.